The number of hydrogen-bond acceptors (Lipinski definition) is 5. The predicted octanol–water partition coefficient (Wildman–Crippen LogP) is 18.9. The highest BCUT2D eigenvalue weighted by atomic mass is 16.5. The lowest BCUT2D eigenvalue weighted by Crippen LogP contribution is -2.45. The van der Waals surface area contributed by atoms with Crippen LogP contribution in [-0.2, 0) is 14.3 Å². The van der Waals surface area contributed by atoms with Gasteiger partial charge in [-0.2, -0.15) is 0 Å². The summed E-state index contributed by atoms with van der Waals surface area (Å²) in [7, 11) is 0. The molecular weight excluding hydrogens is 827 g/mol. The molecule has 0 rings (SSSR count). The number of unbranched alkanes of at least 4 members (excludes halogenated alkanes) is 44. The number of nitrogens with one attached hydrogen (secondary N) is 1. The van der Waals surface area contributed by atoms with Gasteiger partial charge in [0.2, 0.25) is 5.91 Å². The van der Waals surface area contributed by atoms with Crippen LogP contribution in [0.15, 0.2) is 12.2 Å². The molecule has 0 aliphatic carbocycles. The summed E-state index contributed by atoms with van der Waals surface area (Å²) in [6, 6.07) is -0.554. The predicted molar refractivity (Wildman–Crippen MR) is 292 cm³/mol. The molecule has 0 aliphatic heterocycles. The molecule has 0 saturated carbocycles. The maximum absolute atomic E-state index is 12.5. The first kappa shape index (κ1) is 65.6. The third kappa shape index (κ3) is 53.8. The third-order valence-electron chi connectivity index (χ3n) is 14.3. The zero-order chi connectivity index (χ0) is 48.6. The van der Waals surface area contributed by atoms with E-state index < -0.39 is 12.1 Å². The van der Waals surface area contributed by atoms with Gasteiger partial charge >= 0.3 is 5.97 Å². The van der Waals surface area contributed by atoms with E-state index in [1.165, 1.54) is 250 Å². The van der Waals surface area contributed by atoms with Crippen LogP contribution in [0.3, 0.4) is 0 Å². The van der Waals surface area contributed by atoms with Gasteiger partial charge in [-0.1, -0.05) is 289 Å². The molecule has 2 unspecified atom stereocenters. The second-order valence-electron chi connectivity index (χ2n) is 21.0. The van der Waals surface area contributed by atoms with E-state index in [0.717, 1.165) is 57.8 Å². The minimum Gasteiger partial charge on any atom is -0.466 e. The molecule has 2 atom stereocenters. The summed E-state index contributed by atoms with van der Waals surface area (Å²) in [4.78, 5) is 24.5. The number of aliphatic hydroxyl groups is 2. The number of allylic oxidation sites excluding steroid dienone is 2. The van der Waals surface area contributed by atoms with Crippen molar-refractivity contribution in [1.29, 1.82) is 0 Å². The average molecular weight is 947 g/mol. The van der Waals surface area contributed by atoms with Crippen LogP contribution in [0.5, 0.6) is 0 Å². The van der Waals surface area contributed by atoms with Crippen molar-refractivity contribution < 1.29 is 24.5 Å². The summed E-state index contributed by atoms with van der Waals surface area (Å²) < 4.78 is 5.46. The molecule has 0 aromatic heterocycles. The first-order valence-electron chi connectivity index (χ1n) is 30.4. The van der Waals surface area contributed by atoms with Gasteiger partial charge in [0.1, 0.15) is 0 Å². The Hall–Kier alpha value is -1.40. The van der Waals surface area contributed by atoms with Crippen LogP contribution < -0.4 is 5.32 Å². The minimum absolute atomic E-state index is 0.0171. The molecule has 67 heavy (non-hydrogen) atoms. The molecule has 6 nitrogen and oxygen atoms in total. The van der Waals surface area contributed by atoms with Gasteiger partial charge in [-0.05, 0) is 51.4 Å². The maximum atomic E-state index is 12.5. The lowest BCUT2D eigenvalue weighted by Gasteiger charge is -2.22. The summed E-state index contributed by atoms with van der Waals surface area (Å²) in [6.07, 6.45) is 67.8. The van der Waals surface area contributed by atoms with Crippen LogP contribution in [0.4, 0.5) is 0 Å². The summed E-state index contributed by atoms with van der Waals surface area (Å²) in [6.45, 7) is 4.93. The van der Waals surface area contributed by atoms with Gasteiger partial charge in [0.15, 0.2) is 0 Å². The first-order chi connectivity index (χ1) is 33.0. The molecule has 0 fully saturated rings. The van der Waals surface area contributed by atoms with Crippen molar-refractivity contribution in [1.82, 2.24) is 5.32 Å². The van der Waals surface area contributed by atoms with Gasteiger partial charge in [-0.25, -0.2) is 0 Å². The second kappa shape index (κ2) is 57.2. The van der Waals surface area contributed by atoms with Crippen LogP contribution in [0.25, 0.3) is 0 Å². The molecule has 0 radical (unpaired) electrons. The molecule has 0 heterocycles. The fraction of sp³-hybridized carbons (Fsp3) is 0.934. The number of aliphatic hydroxyl groups excluding tert-OH is 2. The molecule has 0 saturated heterocycles. The second-order valence-corrected chi connectivity index (χ2v) is 21.0. The molecule has 0 aliphatic rings. The lowest BCUT2D eigenvalue weighted by molar-refractivity contribution is -0.143. The summed E-state index contributed by atoms with van der Waals surface area (Å²) in [5.41, 5.74) is 0. The lowest BCUT2D eigenvalue weighted by atomic mass is 10.0. The van der Waals surface area contributed by atoms with Crippen molar-refractivity contribution in [2.45, 2.75) is 353 Å². The van der Waals surface area contributed by atoms with E-state index in [0.29, 0.717) is 25.9 Å². The number of carbonyl (C=O) groups excluding carboxylic acids is 2. The number of amides is 1. The minimum atomic E-state index is -0.676. The van der Waals surface area contributed by atoms with Crippen LogP contribution in [0.2, 0.25) is 0 Å². The van der Waals surface area contributed by atoms with Crippen LogP contribution in [0, 0.1) is 0 Å². The molecule has 6 heteroatoms. The van der Waals surface area contributed by atoms with Gasteiger partial charge in [0.05, 0.1) is 25.4 Å². The molecule has 1 amide bonds. The Balaban J connectivity index is 3.44. The number of esters is 1. The van der Waals surface area contributed by atoms with Crippen LogP contribution in [0.1, 0.15) is 341 Å². The molecule has 398 valence electrons. The monoisotopic (exact) mass is 946 g/mol. The number of carbonyl (C=O) groups is 2. The molecule has 0 bridgehead atoms. The van der Waals surface area contributed by atoms with Crippen molar-refractivity contribution in [2.75, 3.05) is 13.2 Å². The standard InChI is InChI=1S/C61H119NO5/c1-3-5-7-9-11-13-15-17-18-19-20-21-22-23-24-25-26-27-28-30-33-37-41-45-49-53-59(64)58(57-63)62-60(65)54-50-46-42-38-34-31-32-36-40-44-48-52-56-67-61(66)55-51-47-43-39-35-29-16-14-12-10-8-6-4-2/h14,16,58-59,63-64H,3-13,15,17-57H2,1-2H3,(H,62,65)/b16-14-. The molecule has 0 spiro atoms. The maximum Gasteiger partial charge on any atom is 0.305 e. The Labute approximate surface area is 419 Å². The molecular formula is C61H119NO5. The summed E-state index contributed by atoms with van der Waals surface area (Å²) in [5, 5.41) is 23.4. The Morgan fingerprint density at radius 2 is 0.701 bits per heavy atom. The largest absolute Gasteiger partial charge is 0.466 e. The smallest absolute Gasteiger partial charge is 0.305 e. The van der Waals surface area contributed by atoms with E-state index in [-0.39, 0.29) is 18.5 Å². The van der Waals surface area contributed by atoms with E-state index in [1.807, 2.05) is 0 Å². The van der Waals surface area contributed by atoms with E-state index in [1.54, 1.807) is 0 Å². The number of rotatable bonds is 57. The van der Waals surface area contributed by atoms with Gasteiger partial charge in [-0.15, -0.1) is 0 Å². The van der Waals surface area contributed by atoms with Crippen molar-refractivity contribution >= 4 is 11.9 Å². The summed E-state index contributed by atoms with van der Waals surface area (Å²) >= 11 is 0. The third-order valence-corrected chi connectivity index (χ3v) is 14.3. The Bertz CT molecular complexity index is 1000. The van der Waals surface area contributed by atoms with Gasteiger partial charge in [0, 0.05) is 12.8 Å². The Morgan fingerprint density at radius 1 is 0.403 bits per heavy atom. The zero-order valence-electron chi connectivity index (χ0n) is 45.4. The first-order valence-corrected chi connectivity index (χ1v) is 30.4. The zero-order valence-corrected chi connectivity index (χ0v) is 45.4. The van der Waals surface area contributed by atoms with E-state index in [4.69, 9.17) is 4.74 Å². The van der Waals surface area contributed by atoms with Crippen molar-refractivity contribution in [3.8, 4) is 0 Å². The SMILES string of the molecule is CCCCCC/C=C\CCCCCCCC(=O)OCCCCCCCCCCCCCCC(=O)NC(CO)C(O)CCCCCCCCCCCCCCCCCCCCCCCCCCC. The molecule has 0 aromatic rings. The highest BCUT2D eigenvalue weighted by Gasteiger charge is 2.20. The van der Waals surface area contributed by atoms with Gasteiger partial charge < -0.3 is 20.3 Å². The van der Waals surface area contributed by atoms with Crippen molar-refractivity contribution in [3.63, 3.8) is 0 Å². The van der Waals surface area contributed by atoms with Crippen molar-refractivity contribution in [3.05, 3.63) is 12.2 Å². The van der Waals surface area contributed by atoms with Crippen LogP contribution in [-0.4, -0.2) is 47.4 Å². The van der Waals surface area contributed by atoms with Crippen LogP contribution >= 0.6 is 0 Å². The topological polar surface area (TPSA) is 95.9 Å². The Kier molecular flexibility index (Phi) is 56.0. The highest BCUT2D eigenvalue weighted by Crippen LogP contribution is 2.18. The summed E-state index contributed by atoms with van der Waals surface area (Å²) in [5.74, 6) is -0.0639. The highest BCUT2D eigenvalue weighted by molar-refractivity contribution is 5.76. The van der Waals surface area contributed by atoms with E-state index in [9.17, 15) is 19.8 Å². The number of ether oxygens (including phenoxy) is 1. The Morgan fingerprint density at radius 3 is 1.07 bits per heavy atom. The molecule has 0 aromatic carbocycles. The number of hydrogen-bond donors (Lipinski definition) is 3. The quantitative estimate of drug-likeness (QED) is 0.0321. The normalized spacial score (nSPS) is 12.6. The average Bonchev–Trinajstić information content (AvgIpc) is 3.33. The molecule has 3 N–H and O–H groups in total. The van der Waals surface area contributed by atoms with Gasteiger partial charge in [0.25, 0.3) is 0 Å². The fourth-order valence-corrected chi connectivity index (χ4v) is 9.64. The van der Waals surface area contributed by atoms with E-state index in [2.05, 4.69) is 31.3 Å². The van der Waals surface area contributed by atoms with Gasteiger partial charge in [-0.3, -0.25) is 9.59 Å². The van der Waals surface area contributed by atoms with E-state index >= 15 is 0 Å². The van der Waals surface area contributed by atoms with Crippen molar-refractivity contribution in [2.24, 2.45) is 0 Å². The fourth-order valence-electron chi connectivity index (χ4n) is 9.64.